The monoisotopic (exact) mass is 488 g/mol. The maximum absolute atomic E-state index is 14.9. The van der Waals surface area contributed by atoms with Crippen molar-refractivity contribution in [2.24, 2.45) is 5.92 Å². The summed E-state index contributed by atoms with van der Waals surface area (Å²) in [6, 6.07) is 3.34. The largest absolute Gasteiger partial charge is 0.479 e. The summed E-state index contributed by atoms with van der Waals surface area (Å²) in [6.07, 6.45) is 3.61. The molecule has 2 aromatic heterocycles. The van der Waals surface area contributed by atoms with Crippen LogP contribution in [0.1, 0.15) is 52.5 Å². The first-order valence-electron chi connectivity index (χ1n) is 11.3. The van der Waals surface area contributed by atoms with Crippen LogP contribution >= 0.6 is 0 Å². The molecule has 2 heterocycles. The van der Waals surface area contributed by atoms with Crippen LogP contribution in [0.5, 0.6) is 5.88 Å². The zero-order chi connectivity index (χ0) is 25.8. The van der Waals surface area contributed by atoms with Gasteiger partial charge in [-0.25, -0.2) is 23.5 Å². The number of hydrogen-bond donors (Lipinski definition) is 3. The summed E-state index contributed by atoms with van der Waals surface area (Å²) in [6.45, 7) is 7.13. The van der Waals surface area contributed by atoms with Crippen LogP contribution in [0.15, 0.2) is 18.3 Å². The Labute approximate surface area is 203 Å². The lowest BCUT2D eigenvalue weighted by molar-refractivity contribution is 0.0492. The van der Waals surface area contributed by atoms with Gasteiger partial charge < -0.3 is 25.4 Å². The predicted molar refractivity (Wildman–Crippen MR) is 127 cm³/mol. The molecule has 3 rings (SSSR count). The van der Waals surface area contributed by atoms with E-state index in [0.717, 1.165) is 31.4 Å². The second kappa shape index (κ2) is 10.7. The van der Waals surface area contributed by atoms with E-state index in [1.807, 2.05) is 13.0 Å². The number of carbonyl (C=O) groups excluding carboxylic acids is 1. The average molecular weight is 489 g/mol. The highest BCUT2D eigenvalue weighted by Gasteiger charge is 2.34. The normalized spacial score (nSPS) is 15.3. The van der Waals surface area contributed by atoms with E-state index in [1.54, 1.807) is 20.8 Å². The molecule has 1 saturated carbocycles. The molecule has 0 spiro atoms. The molecule has 2 aromatic rings. The van der Waals surface area contributed by atoms with Gasteiger partial charge in [0.05, 0.1) is 30.6 Å². The minimum atomic E-state index is -0.722. The molecule has 0 bridgehead atoms. The molecule has 11 heteroatoms. The fraction of sp³-hybridized carbons (Fsp3) is 0.500. The first kappa shape index (κ1) is 25.9. The minimum absolute atomic E-state index is 0.0304. The highest BCUT2D eigenvalue weighted by Crippen LogP contribution is 2.34. The Balaban J connectivity index is 1.84. The van der Waals surface area contributed by atoms with Gasteiger partial charge in [-0.3, -0.25) is 0 Å². The first-order chi connectivity index (χ1) is 16.5. The van der Waals surface area contributed by atoms with Crippen molar-refractivity contribution in [1.82, 2.24) is 15.3 Å². The van der Waals surface area contributed by atoms with E-state index in [-0.39, 0.29) is 40.7 Å². The van der Waals surface area contributed by atoms with E-state index in [0.29, 0.717) is 0 Å². The number of nitriles is 1. The van der Waals surface area contributed by atoms with Crippen LogP contribution in [0.3, 0.4) is 0 Å². The van der Waals surface area contributed by atoms with Crippen molar-refractivity contribution in [2.45, 2.75) is 64.6 Å². The SMILES string of the molecule is COc1ncc(Nc2nc(N[C@H](C3CCC3)[C@H](C)NC(=O)OC(C)(C)C)c(F)cc2C#N)cc1F. The third-order valence-corrected chi connectivity index (χ3v) is 5.60. The molecule has 0 saturated heterocycles. The zero-order valence-electron chi connectivity index (χ0n) is 20.4. The van der Waals surface area contributed by atoms with Crippen LogP contribution < -0.4 is 20.7 Å². The summed E-state index contributed by atoms with van der Waals surface area (Å²) in [4.78, 5) is 20.4. The third-order valence-electron chi connectivity index (χ3n) is 5.60. The summed E-state index contributed by atoms with van der Waals surface area (Å²) in [7, 11) is 1.29. The number of nitrogens with one attached hydrogen (secondary N) is 3. The minimum Gasteiger partial charge on any atom is -0.479 e. The predicted octanol–water partition coefficient (Wildman–Crippen LogP) is 4.87. The number of pyridine rings is 2. The smallest absolute Gasteiger partial charge is 0.407 e. The van der Waals surface area contributed by atoms with Crippen molar-refractivity contribution in [1.29, 1.82) is 5.26 Å². The maximum Gasteiger partial charge on any atom is 0.407 e. The molecule has 1 amide bonds. The molecular formula is C24H30F2N6O3. The second-order valence-electron chi connectivity index (χ2n) is 9.46. The van der Waals surface area contributed by atoms with Gasteiger partial charge in [0.15, 0.2) is 23.3 Å². The molecule has 0 aromatic carbocycles. The van der Waals surface area contributed by atoms with Crippen molar-refractivity contribution in [3.05, 3.63) is 35.5 Å². The standard InChI is InChI=1S/C24H30F2N6O3/c1-13(29-23(33)35-24(2,3)4)19(14-7-6-8-14)31-21-17(25)9-15(11-27)20(32-21)30-16-10-18(26)22(34-5)28-12-16/h9-10,12-14,19H,6-8H2,1-5H3,(H,29,33)(H2,30,31,32)/t13-,19-/m0/s1. The first-order valence-corrected chi connectivity index (χ1v) is 11.3. The molecule has 188 valence electrons. The van der Waals surface area contributed by atoms with Crippen molar-refractivity contribution >= 4 is 23.4 Å². The number of aromatic nitrogens is 2. The van der Waals surface area contributed by atoms with Crippen LogP contribution in [0.25, 0.3) is 0 Å². The van der Waals surface area contributed by atoms with Crippen LogP contribution in [-0.2, 0) is 4.74 Å². The molecule has 1 aliphatic carbocycles. The Hall–Kier alpha value is -3.68. The van der Waals surface area contributed by atoms with Gasteiger partial charge in [0.25, 0.3) is 0 Å². The summed E-state index contributed by atoms with van der Waals surface area (Å²) < 4.78 is 39.1. The fourth-order valence-corrected chi connectivity index (χ4v) is 3.74. The van der Waals surface area contributed by atoms with Crippen molar-refractivity contribution in [3.63, 3.8) is 0 Å². The Morgan fingerprint density at radius 1 is 1.23 bits per heavy atom. The van der Waals surface area contributed by atoms with Gasteiger partial charge in [-0.1, -0.05) is 6.42 Å². The van der Waals surface area contributed by atoms with E-state index in [9.17, 15) is 18.8 Å². The van der Waals surface area contributed by atoms with Crippen LogP contribution in [0, 0.1) is 28.9 Å². The lowest BCUT2D eigenvalue weighted by Gasteiger charge is -2.38. The number of hydrogen-bond acceptors (Lipinski definition) is 8. The molecule has 9 nitrogen and oxygen atoms in total. The number of rotatable bonds is 8. The molecule has 35 heavy (non-hydrogen) atoms. The summed E-state index contributed by atoms with van der Waals surface area (Å²) >= 11 is 0. The number of nitrogens with zero attached hydrogens (tertiary/aromatic N) is 3. The van der Waals surface area contributed by atoms with Crippen molar-refractivity contribution < 1.29 is 23.0 Å². The third kappa shape index (κ3) is 6.68. The lowest BCUT2D eigenvalue weighted by atomic mass is 9.77. The number of halogens is 2. The molecule has 1 aliphatic rings. The summed E-state index contributed by atoms with van der Waals surface area (Å²) in [5.41, 5.74) is -0.509. The Morgan fingerprint density at radius 2 is 1.94 bits per heavy atom. The zero-order valence-corrected chi connectivity index (χ0v) is 20.4. The van der Waals surface area contributed by atoms with Gasteiger partial charge in [-0.2, -0.15) is 5.26 Å². The second-order valence-corrected chi connectivity index (χ2v) is 9.46. The molecule has 3 N–H and O–H groups in total. The Morgan fingerprint density at radius 3 is 2.49 bits per heavy atom. The van der Waals surface area contributed by atoms with Crippen LogP contribution in [-0.4, -0.2) is 40.9 Å². The number of ether oxygens (including phenoxy) is 2. The molecule has 1 fully saturated rings. The Kier molecular flexibility index (Phi) is 7.94. The van der Waals surface area contributed by atoms with Gasteiger partial charge in [0.2, 0.25) is 5.88 Å². The quantitative estimate of drug-likeness (QED) is 0.481. The van der Waals surface area contributed by atoms with E-state index in [2.05, 4.69) is 25.9 Å². The van der Waals surface area contributed by atoms with Gasteiger partial charge in [-0.15, -0.1) is 0 Å². The fourth-order valence-electron chi connectivity index (χ4n) is 3.74. The number of carbonyl (C=O) groups is 1. The molecule has 2 atom stereocenters. The van der Waals surface area contributed by atoms with Crippen LogP contribution in [0.4, 0.5) is 30.9 Å². The van der Waals surface area contributed by atoms with E-state index < -0.39 is 29.4 Å². The van der Waals surface area contributed by atoms with E-state index >= 15 is 0 Å². The van der Waals surface area contributed by atoms with Gasteiger partial charge in [0.1, 0.15) is 11.7 Å². The van der Waals surface area contributed by atoms with Gasteiger partial charge in [0, 0.05) is 12.1 Å². The van der Waals surface area contributed by atoms with Crippen molar-refractivity contribution in [3.8, 4) is 11.9 Å². The number of amides is 1. The van der Waals surface area contributed by atoms with Crippen LogP contribution in [0.2, 0.25) is 0 Å². The van der Waals surface area contributed by atoms with Crippen molar-refractivity contribution in [2.75, 3.05) is 17.7 Å². The number of alkyl carbamates (subject to hydrolysis) is 1. The lowest BCUT2D eigenvalue weighted by Crippen LogP contribution is -2.51. The molecule has 0 radical (unpaired) electrons. The van der Waals surface area contributed by atoms with E-state index in [1.165, 1.54) is 13.3 Å². The topological polar surface area (TPSA) is 121 Å². The maximum atomic E-state index is 14.9. The number of methoxy groups -OCH3 is 1. The summed E-state index contributed by atoms with van der Waals surface area (Å²) in [5, 5.41) is 18.2. The highest BCUT2D eigenvalue weighted by molar-refractivity contribution is 5.68. The Bertz CT molecular complexity index is 1110. The van der Waals surface area contributed by atoms with Gasteiger partial charge >= 0.3 is 6.09 Å². The summed E-state index contributed by atoms with van der Waals surface area (Å²) in [5.74, 6) is -1.48. The molecule has 0 aliphatic heterocycles. The van der Waals surface area contributed by atoms with E-state index in [4.69, 9.17) is 9.47 Å². The van der Waals surface area contributed by atoms with Gasteiger partial charge in [-0.05, 0) is 52.5 Å². The average Bonchev–Trinajstić information content (AvgIpc) is 2.72. The highest BCUT2D eigenvalue weighted by atomic mass is 19.1. The number of anilines is 3. The molecule has 0 unspecified atom stereocenters. The molecular weight excluding hydrogens is 458 g/mol.